The molecule has 1 saturated carbocycles. The highest BCUT2D eigenvalue weighted by Gasteiger charge is 2.25. The number of hydrogen-bond donors (Lipinski definition) is 1. The van der Waals surface area contributed by atoms with Crippen LogP contribution in [-0.2, 0) is 0 Å². The van der Waals surface area contributed by atoms with Crippen LogP contribution in [0.4, 0.5) is 0 Å². The van der Waals surface area contributed by atoms with E-state index in [0.29, 0.717) is 34.2 Å². The molecule has 0 aliphatic heterocycles. The lowest BCUT2D eigenvalue weighted by molar-refractivity contribution is 0.239. The molecule has 5 aromatic rings. The average molecular weight is 454 g/mol. The van der Waals surface area contributed by atoms with Gasteiger partial charge in [0.15, 0.2) is 5.82 Å². The molecule has 4 heterocycles. The summed E-state index contributed by atoms with van der Waals surface area (Å²) < 4.78 is 5.26. The van der Waals surface area contributed by atoms with Gasteiger partial charge >= 0.3 is 0 Å². The molecule has 170 valence electrons. The summed E-state index contributed by atoms with van der Waals surface area (Å²) in [7, 11) is 0. The summed E-state index contributed by atoms with van der Waals surface area (Å²) in [6, 6.07) is 10.9. The van der Waals surface area contributed by atoms with E-state index >= 15 is 0 Å². The smallest absolute Gasteiger partial charge is 0.267 e. The number of nitrogens with zero attached hydrogens (tertiary/aromatic N) is 7. The molecular formula is C25H23N7O2. The van der Waals surface area contributed by atoms with Gasteiger partial charge in [0.2, 0.25) is 0 Å². The van der Waals surface area contributed by atoms with Crippen molar-refractivity contribution in [3.8, 4) is 23.0 Å². The number of aliphatic hydroxyl groups is 1. The van der Waals surface area contributed by atoms with Gasteiger partial charge in [-0.3, -0.25) is 9.36 Å². The lowest BCUT2D eigenvalue weighted by Crippen LogP contribution is -2.20. The quantitative estimate of drug-likeness (QED) is 0.423. The lowest BCUT2D eigenvalue weighted by atomic mass is 10.2. The third-order valence-corrected chi connectivity index (χ3v) is 6.26. The molecule has 1 N–H and O–H groups in total. The second kappa shape index (κ2) is 8.03. The number of fused-ring (bicyclic) bond motifs is 1. The predicted octanol–water partition coefficient (Wildman–Crippen LogP) is 3.26. The molecule has 9 nitrogen and oxygen atoms in total. The van der Waals surface area contributed by atoms with Crippen molar-refractivity contribution in [2.24, 2.45) is 0 Å². The minimum Gasteiger partial charge on any atom is -0.394 e. The zero-order valence-corrected chi connectivity index (χ0v) is 18.6. The van der Waals surface area contributed by atoms with Gasteiger partial charge in [-0.1, -0.05) is 6.07 Å². The van der Waals surface area contributed by atoms with E-state index in [0.717, 1.165) is 11.4 Å². The van der Waals surface area contributed by atoms with Crippen molar-refractivity contribution in [1.82, 2.24) is 33.6 Å². The molecule has 0 saturated heterocycles. The summed E-state index contributed by atoms with van der Waals surface area (Å²) in [5.74, 6) is 1.64. The van der Waals surface area contributed by atoms with E-state index in [-0.39, 0.29) is 18.2 Å². The fourth-order valence-corrected chi connectivity index (χ4v) is 4.14. The molecular weight excluding hydrogens is 430 g/mol. The van der Waals surface area contributed by atoms with Crippen LogP contribution in [0.25, 0.3) is 33.9 Å². The maximum Gasteiger partial charge on any atom is 0.267 e. The van der Waals surface area contributed by atoms with E-state index in [1.54, 1.807) is 24.8 Å². The number of pyridine rings is 1. The first kappa shape index (κ1) is 20.5. The maximum atomic E-state index is 13.5. The van der Waals surface area contributed by atoms with Crippen LogP contribution >= 0.6 is 0 Å². The van der Waals surface area contributed by atoms with Crippen LogP contribution in [0.2, 0.25) is 0 Å². The van der Waals surface area contributed by atoms with Crippen molar-refractivity contribution < 1.29 is 5.11 Å². The summed E-state index contributed by atoms with van der Waals surface area (Å²) in [4.78, 5) is 31.6. The van der Waals surface area contributed by atoms with Gasteiger partial charge in [0.1, 0.15) is 17.8 Å². The van der Waals surface area contributed by atoms with Crippen LogP contribution < -0.4 is 5.56 Å². The van der Waals surface area contributed by atoms with Crippen LogP contribution in [0, 0.1) is 0 Å². The van der Waals surface area contributed by atoms with Crippen molar-refractivity contribution in [3.63, 3.8) is 0 Å². The number of hydrogen-bond acceptors (Lipinski definition) is 6. The van der Waals surface area contributed by atoms with Crippen LogP contribution in [0.5, 0.6) is 0 Å². The molecule has 9 heteroatoms. The highest BCUT2D eigenvalue weighted by Crippen LogP contribution is 2.39. The molecule has 1 aliphatic rings. The Balaban J connectivity index is 1.41. The van der Waals surface area contributed by atoms with Gasteiger partial charge in [-0.2, -0.15) is 0 Å². The Morgan fingerprint density at radius 3 is 2.82 bits per heavy atom. The summed E-state index contributed by atoms with van der Waals surface area (Å²) in [5, 5.41) is 10.1. The summed E-state index contributed by atoms with van der Waals surface area (Å²) in [5.41, 5.74) is 2.99. The van der Waals surface area contributed by atoms with Crippen molar-refractivity contribution in [1.29, 1.82) is 0 Å². The Labute approximate surface area is 195 Å². The molecule has 0 radical (unpaired) electrons. The molecule has 4 aromatic heterocycles. The SMILES string of the molecule is CC(CO)n1ccnc1-c1cccc(-n2cnc3ccc(-n4cnc(C5CC5)c4)cc3c2=O)n1. The van der Waals surface area contributed by atoms with Crippen molar-refractivity contribution in [2.75, 3.05) is 6.61 Å². The third-order valence-electron chi connectivity index (χ3n) is 6.26. The van der Waals surface area contributed by atoms with Gasteiger partial charge in [-0.15, -0.1) is 0 Å². The molecule has 0 spiro atoms. The van der Waals surface area contributed by atoms with Gasteiger partial charge in [-0.25, -0.2) is 19.9 Å². The first-order valence-corrected chi connectivity index (χ1v) is 11.3. The van der Waals surface area contributed by atoms with Gasteiger partial charge in [0, 0.05) is 30.2 Å². The van der Waals surface area contributed by atoms with Gasteiger partial charge in [-0.05, 0) is 50.1 Å². The Hall–Kier alpha value is -4.11. The second-order valence-corrected chi connectivity index (χ2v) is 8.67. The number of aliphatic hydroxyl groups excluding tert-OH is 1. The molecule has 0 amide bonds. The van der Waals surface area contributed by atoms with E-state index in [1.807, 2.05) is 52.6 Å². The van der Waals surface area contributed by atoms with Crippen molar-refractivity contribution in [3.05, 3.63) is 83.7 Å². The molecule has 1 aromatic carbocycles. The van der Waals surface area contributed by atoms with Crippen LogP contribution in [0.15, 0.2) is 72.4 Å². The predicted molar refractivity (Wildman–Crippen MR) is 127 cm³/mol. The fourth-order valence-electron chi connectivity index (χ4n) is 4.14. The van der Waals surface area contributed by atoms with Gasteiger partial charge in [0.05, 0.1) is 35.6 Å². The van der Waals surface area contributed by atoms with E-state index in [2.05, 4.69) is 19.9 Å². The fraction of sp³-hybridized carbons (Fsp3) is 0.240. The zero-order valence-electron chi connectivity index (χ0n) is 18.6. The Morgan fingerprint density at radius 2 is 2.00 bits per heavy atom. The number of rotatable bonds is 6. The standard InChI is InChI=1S/C25H23N7O2/c1-16(13-33)31-10-9-26-24(31)21-3-2-4-23(29-21)32-15-28-20-8-7-18(11-19(20)25(32)34)30-12-22(27-14-30)17-5-6-17/h2-4,7-12,14-17,33H,5-6,13H2,1H3. The molecule has 1 fully saturated rings. The molecule has 1 unspecified atom stereocenters. The number of aromatic nitrogens is 7. The topological polar surface area (TPSA) is 104 Å². The minimum absolute atomic E-state index is 0.0154. The van der Waals surface area contributed by atoms with Crippen molar-refractivity contribution >= 4 is 10.9 Å². The van der Waals surface area contributed by atoms with Crippen LogP contribution in [0.3, 0.4) is 0 Å². The van der Waals surface area contributed by atoms with E-state index in [4.69, 9.17) is 0 Å². The van der Waals surface area contributed by atoms with E-state index < -0.39 is 0 Å². The Kier molecular flexibility index (Phi) is 4.84. The van der Waals surface area contributed by atoms with Crippen LogP contribution in [0.1, 0.15) is 37.4 Å². The zero-order chi connectivity index (χ0) is 23.2. The van der Waals surface area contributed by atoms with Gasteiger partial charge < -0.3 is 14.2 Å². The first-order chi connectivity index (χ1) is 16.6. The third kappa shape index (κ3) is 3.50. The molecule has 1 aliphatic carbocycles. The summed E-state index contributed by atoms with van der Waals surface area (Å²) in [6.07, 6.45) is 11.2. The Morgan fingerprint density at radius 1 is 1.12 bits per heavy atom. The monoisotopic (exact) mass is 453 g/mol. The molecule has 34 heavy (non-hydrogen) atoms. The van der Waals surface area contributed by atoms with Gasteiger partial charge in [0.25, 0.3) is 5.56 Å². The minimum atomic E-state index is -0.203. The first-order valence-electron chi connectivity index (χ1n) is 11.3. The second-order valence-electron chi connectivity index (χ2n) is 8.67. The number of benzene rings is 1. The van der Waals surface area contributed by atoms with Crippen LogP contribution in [-0.4, -0.2) is 45.4 Å². The normalized spacial score (nSPS) is 14.5. The van der Waals surface area contributed by atoms with Crippen molar-refractivity contribution in [2.45, 2.75) is 31.7 Å². The molecule has 0 bridgehead atoms. The number of imidazole rings is 2. The average Bonchev–Trinajstić information content (AvgIpc) is 3.39. The molecule has 6 rings (SSSR count). The summed E-state index contributed by atoms with van der Waals surface area (Å²) in [6.45, 7) is 1.89. The summed E-state index contributed by atoms with van der Waals surface area (Å²) >= 11 is 0. The van der Waals surface area contributed by atoms with E-state index in [9.17, 15) is 9.90 Å². The largest absolute Gasteiger partial charge is 0.394 e. The Bertz CT molecular complexity index is 1560. The molecule has 1 atom stereocenters. The highest BCUT2D eigenvalue weighted by molar-refractivity contribution is 5.80. The van der Waals surface area contributed by atoms with E-state index in [1.165, 1.54) is 23.7 Å². The maximum absolute atomic E-state index is 13.5. The lowest BCUT2D eigenvalue weighted by Gasteiger charge is -2.14. The highest BCUT2D eigenvalue weighted by atomic mass is 16.3.